The van der Waals surface area contributed by atoms with E-state index in [1.54, 1.807) is 12.1 Å². The first-order valence-corrected chi connectivity index (χ1v) is 7.30. The monoisotopic (exact) mass is 314 g/mol. The molecular formula is C17H18N2O4. The van der Waals surface area contributed by atoms with E-state index in [1.807, 2.05) is 31.2 Å². The zero-order chi connectivity index (χ0) is 16.7. The highest BCUT2D eigenvalue weighted by Gasteiger charge is 2.09. The number of carbonyl (C=O) groups excluding carboxylic acids is 1. The highest BCUT2D eigenvalue weighted by atomic mass is 16.6. The molecule has 0 aromatic heterocycles. The van der Waals surface area contributed by atoms with Crippen LogP contribution in [-0.2, 0) is 17.8 Å². The Labute approximate surface area is 134 Å². The van der Waals surface area contributed by atoms with Crippen molar-refractivity contribution < 1.29 is 14.5 Å². The van der Waals surface area contributed by atoms with E-state index in [0.717, 1.165) is 11.3 Å². The number of ether oxygens (including phenoxy) is 1. The summed E-state index contributed by atoms with van der Waals surface area (Å²) in [5, 5.41) is 13.5. The van der Waals surface area contributed by atoms with Gasteiger partial charge in [0.1, 0.15) is 5.75 Å². The van der Waals surface area contributed by atoms with Gasteiger partial charge in [0.05, 0.1) is 18.0 Å². The molecule has 0 aliphatic rings. The van der Waals surface area contributed by atoms with Crippen LogP contribution in [0.1, 0.15) is 18.1 Å². The molecule has 2 aromatic rings. The second-order valence-electron chi connectivity index (χ2n) is 4.96. The minimum absolute atomic E-state index is 0.0142. The number of nitrogens with one attached hydrogen (secondary N) is 1. The average molecular weight is 314 g/mol. The third-order valence-electron chi connectivity index (χ3n) is 3.19. The van der Waals surface area contributed by atoms with E-state index >= 15 is 0 Å². The highest BCUT2D eigenvalue weighted by molar-refractivity contribution is 5.78. The summed E-state index contributed by atoms with van der Waals surface area (Å²) in [5.74, 6) is 0.574. The maximum Gasteiger partial charge on any atom is 0.269 e. The molecule has 0 saturated heterocycles. The summed E-state index contributed by atoms with van der Waals surface area (Å²) in [6, 6.07) is 13.6. The summed E-state index contributed by atoms with van der Waals surface area (Å²) in [6.07, 6.45) is 0.104. The molecule has 0 atom stereocenters. The van der Waals surface area contributed by atoms with Gasteiger partial charge >= 0.3 is 0 Å². The van der Waals surface area contributed by atoms with Crippen LogP contribution in [0.2, 0.25) is 0 Å². The Kier molecular flexibility index (Phi) is 5.68. The van der Waals surface area contributed by atoms with Crippen LogP contribution in [0.5, 0.6) is 5.75 Å². The van der Waals surface area contributed by atoms with Crippen molar-refractivity contribution in [1.29, 1.82) is 0 Å². The number of carbonyl (C=O) groups is 1. The molecule has 0 aliphatic heterocycles. The highest BCUT2D eigenvalue weighted by Crippen LogP contribution is 2.14. The molecule has 1 amide bonds. The molecule has 0 saturated carbocycles. The summed E-state index contributed by atoms with van der Waals surface area (Å²) in [5.41, 5.74) is 1.53. The van der Waals surface area contributed by atoms with Crippen LogP contribution in [-0.4, -0.2) is 17.4 Å². The van der Waals surface area contributed by atoms with Gasteiger partial charge in [-0.15, -0.1) is 0 Å². The molecule has 0 radical (unpaired) electrons. The van der Waals surface area contributed by atoms with Crippen LogP contribution in [0.4, 0.5) is 5.69 Å². The van der Waals surface area contributed by atoms with E-state index in [-0.39, 0.29) is 18.0 Å². The number of nitro benzene ring substituents is 1. The number of hydrogen-bond acceptors (Lipinski definition) is 4. The van der Waals surface area contributed by atoms with Crippen molar-refractivity contribution >= 4 is 11.6 Å². The lowest BCUT2D eigenvalue weighted by Crippen LogP contribution is -2.24. The second kappa shape index (κ2) is 7.93. The van der Waals surface area contributed by atoms with Crippen molar-refractivity contribution in [3.63, 3.8) is 0 Å². The van der Waals surface area contributed by atoms with Crippen molar-refractivity contribution in [2.45, 2.75) is 19.9 Å². The van der Waals surface area contributed by atoms with Crippen molar-refractivity contribution in [2.24, 2.45) is 0 Å². The minimum Gasteiger partial charge on any atom is -0.494 e. The van der Waals surface area contributed by atoms with Gasteiger partial charge in [-0.1, -0.05) is 24.3 Å². The number of benzene rings is 2. The fourth-order valence-corrected chi connectivity index (χ4v) is 2.14. The van der Waals surface area contributed by atoms with E-state index in [2.05, 4.69) is 5.32 Å². The van der Waals surface area contributed by atoms with Crippen LogP contribution < -0.4 is 10.1 Å². The standard InChI is InChI=1S/C17H18N2O4/c1-2-23-16-8-4-6-14(10-16)12-18-17(20)11-13-5-3-7-15(9-13)19(21)22/h3-10H,2,11-12H2,1H3,(H,18,20). The van der Waals surface area contributed by atoms with Crippen molar-refractivity contribution in [3.05, 3.63) is 69.8 Å². The van der Waals surface area contributed by atoms with Crippen LogP contribution in [0.3, 0.4) is 0 Å². The normalized spacial score (nSPS) is 10.1. The molecule has 6 nitrogen and oxygen atoms in total. The molecule has 23 heavy (non-hydrogen) atoms. The van der Waals surface area contributed by atoms with Gasteiger partial charge in [-0.05, 0) is 30.2 Å². The van der Waals surface area contributed by atoms with Crippen molar-refractivity contribution in [2.75, 3.05) is 6.61 Å². The fourth-order valence-electron chi connectivity index (χ4n) is 2.14. The lowest BCUT2D eigenvalue weighted by Gasteiger charge is -2.08. The van der Waals surface area contributed by atoms with Crippen LogP contribution in [0.15, 0.2) is 48.5 Å². The Morgan fingerprint density at radius 3 is 2.65 bits per heavy atom. The molecular weight excluding hydrogens is 296 g/mol. The fraction of sp³-hybridized carbons (Fsp3) is 0.235. The number of nitro groups is 1. The molecule has 2 rings (SSSR count). The molecule has 0 unspecified atom stereocenters. The van der Waals surface area contributed by atoms with E-state index < -0.39 is 4.92 Å². The lowest BCUT2D eigenvalue weighted by molar-refractivity contribution is -0.384. The third kappa shape index (κ3) is 5.10. The SMILES string of the molecule is CCOc1cccc(CNC(=O)Cc2cccc([N+](=O)[O-])c2)c1. The Hall–Kier alpha value is -2.89. The molecule has 0 spiro atoms. The predicted octanol–water partition coefficient (Wildman–Crippen LogP) is 2.85. The Balaban J connectivity index is 1.91. The van der Waals surface area contributed by atoms with Gasteiger partial charge < -0.3 is 10.1 Å². The molecule has 6 heteroatoms. The van der Waals surface area contributed by atoms with E-state index in [9.17, 15) is 14.9 Å². The van der Waals surface area contributed by atoms with Crippen LogP contribution in [0, 0.1) is 10.1 Å². The predicted molar refractivity (Wildman–Crippen MR) is 86.3 cm³/mol. The van der Waals surface area contributed by atoms with E-state index in [0.29, 0.717) is 18.7 Å². The van der Waals surface area contributed by atoms with Gasteiger partial charge in [-0.25, -0.2) is 0 Å². The maximum atomic E-state index is 12.0. The molecule has 1 N–H and O–H groups in total. The first kappa shape index (κ1) is 16.5. The Morgan fingerprint density at radius 2 is 1.91 bits per heavy atom. The van der Waals surface area contributed by atoms with Gasteiger partial charge in [-0.3, -0.25) is 14.9 Å². The first-order chi connectivity index (χ1) is 11.1. The zero-order valence-electron chi connectivity index (χ0n) is 12.8. The number of amides is 1. The Morgan fingerprint density at radius 1 is 1.17 bits per heavy atom. The lowest BCUT2D eigenvalue weighted by atomic mass is 10.1. The molecule has 0 fully saturated rings. The number of nitrogens with zero attached hydrogens (tertiary/aromatic N) is 1. The average Bonchev–Trinajstić information content (AvgIpc) is 2.54. The van der Waals surface area contributed by atoms with E-state index in [4.69, 9.17) is 4.74 Å². The van der Waals surface area contributed by atoms with Gasteiger partial charge in [0.2, 0.25) is 5.91 Å². The summed E-state index contributed by atoms with van der Waals surface area (Å²) in [6.45, 7) is 2.88. The number of rotatable bonds is 7. The van der Waals surface area contributed by atoms with Crippen molar-refractivity contribution in [1.82, 2.24) is 5.32 Å². The van der Waals surface area contributed by atoms with Gasteiger partial charge in [0, 0.05) is 18.7 Å². The van der Waals surface area contributed by atoms with Gasteiger partial charge in [0.15, 0.2) is 0 Å². The molecule has 120 valence electrons. The largest absolute Gasteiger partial charge is 0.494 e. The summed E-state index contributed by atoms with van der Waals surface area (Å²) in [4.78, 5) is 22.2. The summed E-state index contributed by atoms with van der Waals surface area (Å²) < 4.78 is 5.41. The number of non-ortho nitro benzene ring substituents is 1. The molecule has 0 aliphatic carbocycles. The zero-order valence-corrected chi connectivity index (χ0v) is 12.8. The molecule has 2 aromatic carbocycles. The van der Waals surface area contributed by atoms with Crippen molar-refractivity contribution in [3.8, 4) is 5.75 Å². The maximum absolute atomic E-state index is 12.0. The molecule has 0 bridgehead atoms. The first-order valence-electron chi connectivity index (χ1n) is 7.30. The van der Waals surface area contributed by atoms with Gasteiger partial charge in [0.25, 0.3) is 5.69 Å². The number of hydrogen-bond donors (Lipinski definition) is 1. The molecule has 0 heterocycles. The summed E-state index contributed by atoms with van der Waals surface area (Å²) in [7, 11) is 0. The minimum atomic E-state index is -0.472. The quantitative estimate of drug-likeness (QED) is 0.629. The van der Waals surface area contributed by atoms with Crippen LogP contribution >= 0.6 is 0 Å². The summed E-state index contributed by atoms with van der Waals surface area (Å²) >= 11 is 0. The third-order valence-corrected chi connectivity index (χ3v) is 3.19. The smallest absolute Gasteiger partial charge is 0.269 e. The van der Waals surface area contributed by atoms with E-state index in [1.165, 1.54) is 12.1 Å². The van der Waals surface area contributed by atoms with Gasteiger partial charge in [-0.2, -0.15) is 0 Å². The topological polar surface area (TPSA) is 81.5 Å². The Bertz CT molecular complexity index is 700. The van der Waals surface area contributed by atoms with Crippen LogP contribution in [0.25, 0.3) is 0 Å². The second-order valence-corrected chi connectivity index (χ2v) is 4.96.